The molecule has 10 rings (SSSR count). The van der Waals surface area contributed by atoms with Crippen LogP contribution in [0, 0.1) is 0 Å². The van der Waals surface area contributed by atoms with Crippen LogP contribution < -0.4 is 32.6 Å². The summed E-state index contributed by atoms with van der Waals surface area (Å²) in [6.07, 6.45) is 28.0. The van der Waals surface area contributed by atoms with E-state index in [1.807, 2.05) is 47.0 Å². The fourth-order valence-electron chi connectivity index (χ4n) is 13.9. The Morgan fingerprint density at radius 3 is 1.48 bits per heavy atom. The maximum Gasteiger partial charge on any atom is 0.407 e. The van der Waals surface area contributed by atoms with Gasteiger partial charge in [-0.3, -0.25) is 50.9 Å². The monoisotopic (exact) mass is 1610 g/mol. The average Bonchev–Trinajstić information content (AvgIpc) is 1.70. The minimum absolute atomic E-state index is 0.00371. The Morgan fingerprint density at radius 2 is 0.914 bits per heavy atom. The highest BCUT2D eigenvalue weighted by Gasteiger charge is 2.48. The number of amides is 1. The molecule has 0 aliphatic carbocycles. The number of guanidine groups is 1. The number of hydrogen-bond acceptors (Lipinski definition) is 27. The number of thioether (sulfide) groups is 5. The lowest BCUT2D eigenvalue weighted by molar-refractivity contribution is -0.139. The Labute approximate surface area is 643 Å². The van der Waals surface area contributed by atoms with E-state index in [1.165, 1.54) is 0 Å². The number of unbranched alkanes of at least 4 members (excludes halogenated alkanes) is 12. The minimum Gasteiger partial charge on any atom is -0.481 e. The van der Waals surface area contributed by atoms with Gasteiger partial charge in [0.15, 0.2) is 5.96 Å². The number of aliphatic carboxylic acids is 5. The number of nitrogens with two attached hydrogens (primary N) is 3. The van der Waals surface area contributed by atoms with E-state index in [2.05, 4.69) is 25.3 Å². The number of nitrogens with zero attached hydrogens (tertiary/aromatic N) is 2. The lowest BCUT2D eigenvalue weighted by Crippen LogP contribution is -2.39. The smallest absolute Gasteiger partial charge is 0.407 e. The fourth-order valence-corrected chi connectivity index (χ4v) is 23.3. The van der Waals surface area contributed by atoms with Gasteiger partial charge in [0.2, 0.25) is 11.3 Å². The molecule has 8 fully saturated rings. The number of carbonyl (C=O) groups is 9. The van der Waals surface area contributed by atoms with Crippen LogP contribution in [0.5, 0.6) is 0 Å². The molecule has 14 N–H and O–H groups in total. The fraction of sp³-hybridized carbons (Fsp3) is 0.841. The van der Waals surface area contributed by atoms with E-state index >= 15 is 0 Å². The number of ether oxygens (including phenoxy) is 2. The van der Waals surface area contributed by atoms with Crippen molar-refractivity contribution in [2.24, 2.45) is 27.2 Å². The number of carboxylic acid groups (broad SMARTS) is 5. The highest BCUT2D eigenvalue weighted by Crippen LogP contribution is 2.41. The van der Waals surface area contributed by atoms with Crippen molar-refractivity contribution in [1.82, 2.24) is 15.4 Å². The first-order chi connectivity index (χ1) is 50.4. The van der Waals surface area contributed by atoms with Gasteiger partial charge in [-0.15, -0.1) is 0 Å². The predicted molar refractivity (Wildman–Crippen MR) is 411 cm³/mol. The maximum absolute atomic E-state index is 11.9. The molecule has 8 saturated heterocycles. The van der Waals surface area contributed by atoms with Crippen LogP contribution in [0.3, 0.4) is 0 Å². The van der Waals surface area contributed by atoms with Crippen molar-refractivity contribution >= 4 is 147 Å². The van der Waals surface area contributed by atoms with Gasteiger partial charge in [0.05, 0.1) is 30.3 Å². The van der Waals surface area contributed by atoms with Crippen molar-refractivity contribution in [3.05, 3.63) is 0 Å². The molecule has 29 nitrogen and oxygen atoms in total. The first kappa shape index (κ1) is 89.9. The molecule has 10 aliphatic rings. The Bertz CT molecular complexity index is 2870. The largest absolute Gasteiger partial charge is 0.481 e. The molecule has 36 heteroatoms. The Hall–Kier alpha value is -3.98. The third-order valence-corrected chi connectivity index (χ3v) is 28.7. The van der Waals surface area contributed by atoms with Crippen molar-refractivity contribution in [2.75, 3.05) is 28.8 Å². The zero-order valence-electron chi connectivity index (χ0n) is 60.2. The van der Waals surface area contributed by atoms with Crippen LogP contribution in [0.15, 0.2) is 9.98 Å². The summed E-state index contributed by atoms with van der Waals surface area (Å²) in [6, 6.07) is 0.829. The van der Waals surface area contributed by atoms with Gasteiger partial charge in [0.25, 0.3) is 6.02 Å². The van der Waals surface area contributed by atoms with E-state index in [-0.39, 0.29) is 80.4 Å². The van der Waals surface area contributed by atoms with Crippen LogP contribution >= 0.6 is 58.8 Å². The van der Waals surface area contributed by atoms with Crippen molar-refractivity contribution in [3.63, 3.8) is 0 Å². The van der Waals surface area contributed by atoms with E-state index in [1.54, 1.807) is 11.8 Å². The molecule has 598 valence electrons. The molecule has 105 heavy (non-hydrogen) atoms. The molecule has 1 amide bonds. The predicted octanol–water partition coefficient (Wildman–Crippen LogP) is 8.91. The molecule has 0 bridgehead atoms. The van der Waals surface area contributed by atoms with Gasteiger partial charge in [-0.25, -0.2) is 23.7 Å². The number of aliphatic imine (C=N–C) groups is 2. The highest BCUT2D eigenvalue weighted by atomic mass is 32.2. The SMILES string of the molecule is NC1=NC2CS[C@@H](CCCCC(=O)CCCCCCC(=O)O)[C@H]2O1.NC1=N[C@H]2C(CS[C@H]2CCCCC(=O)CCCCC[C@H](N)C(=O)O)N1.O=C(O)CCCCCCC(=O)CCCC[C@@H]1SCC2NC(=O)O[C@@H]21.O=C(O)CCCC[C@@H]1SCC2OS(=O)O[C@@H]21.O=C(O)CCC[C@H]1C[C@H]2OS(=O)NC2CS1. The van der Waals surface area contributed by atoms with E-state index < -0.39 is 58.5 Å². The molecule has 18 atom stereocenters. The van der Waals surface area contributed by atoms with E-state index in [4.69, 9.17) is 64.8 Å². The number of nitrogens with one attached hydrogen (secondary N) is 3. The second kappa shape index (κ2) is 50.0. The summed E-state index contributed by atoms with van der Waals surface area (Å²) < 4.78 is 51.4. The van der Waals surface area contributed by atoms with Crippen LogP contribution in [-0.2, 0) is 83.0 Å². The summed E-state index contributed by atoms with van der Waals surface area (Å²) in [4.78, 5) is 108. The summed E-state index contributed by atoms with van der Waals surface area (Å²) >= 11 is 6.40. The topological polar surface area (TPSA) is 474 Å². The third kappa shape index (κ3) is 35.3. The van der Waals surface area contributed by atoms with Gasteiger partial charge in [0, 0.05) is 119 Å². The Kier molecular flexibility index (Phi) is 42.8. The number of carboxylic acids is 5. The lowest BCUT2D eigenvalue weighted by atomic mass is 10.0. The quantitative estimate of drug-likeness (QED) is 0.0253. The number of Topliss-reactive ketones (excluding diaryl/α,β-unsaturated/α-hetero) is 3. The van der Waals surface area contributed by atoms with Gasteiger partial charge in [0.1, 0.15) is 53.8 Å². The summed E-state index contributed by atoms with van der Waals surface area (Å²) in [6.45, 7) is 0. The molecule has 0 aromatic heterocycles. The number of rotatable bonds is 45. The summed E-state index contributed by atoms with van der Waals surface area (Å²) in [5.74, 6) is 2.26. The molecule has 0 spiro atoms. The van der Waals surface area contributed by atoms with E-state index in [0.29, 0.717) is 138 Å². The standard InChI is InChI=1S/C17H30N4O3S.C17H28N2O4S.C17H27NO5S.C9H15NO4S2.C9H14O5S2/c18-12(16(23)24)8-3-1-2-6-11(22)7-4-5-9-14-15-13(10-25-14)20-17(19)21-15;18-17-19-13-11-24-14(16(13)23-17)9-6-5-8-12(20)7-3-1-2-4-10-15(21)22;19-12(7-3-1-2-4-10-15(20)21)8-5-6-9-14-16-13(11-24-14)18-17(22)23-16;11-9(12)3-1-2-6-4-8-7(5-15-6)10-16(13)14-8;10-8(11)4-2-1-3-7-9-6(5-15-7)13-16(12)14-9/h12-15H,1-10,18H2,(H,23,24)(H3,19,20,21);13-14,16H,1-11H2,(H2,18,19)(H,21,22);13-14,16H,1-11H2,(H,18,22)(H,20,21);6-8,10H,1-5H2,(H,11,12);6-7,9H,1-5H2,(H,10,11)/t12-,13?,14-,15-;2*13?,14-,16-;6-,7?,8+,16?;6?,7-,9-,16?/m00000/s1. The first-order valence-corrected chi connectivity index (χ1v) is 44.9. The average molecular weight is 1620 g/mol. The van der Waals surface area contributed by atoms with Gasteiger partial charge < -0.3 is 62.8 Å². The van der Waals surface area contributed by atoms with Crippen molar-refractivity contribution in [3.8, 4) is 0 Å². The normalized spacial score (nSPS) is 29.2. The Morgan fingerprint density at radius 1 is 0.457 bits per heavy atom. The number of carbonyl (C=O) groups excluding carboxylic acids is 4. The number of amidine groups is 1. The van der Waals surface area contributed by atoms with Gasteiger partial charge in [-0.2, -0.15) is 63.0 Å². The zero-order chi connectivity index (χ0) is 76.0. The van der Waals surface area contributed by atoms with Gasteiger partial charge in [-0.1, -0.05) is 64.2 Å². The van der Waals surface area contributed by atoms with Crippen LogP contribution in [-0.4, -0.2) is 221 Å². The third-order valence-electron chi connectivity index (χ3n) is 19.6. The molecule has 0 aromatic rings. The lowest BCUT2D eigenvalue weighted by Gasteiger charge is -2.28. The number of fused-ring (bicyclic) bond motifs is 5. The van der Waals surface area contributed by atoms with Crippen LogP contribution in [0.4, 0.5) is 4.79 Å². The van der Waals surface area contributed by atoms with Crippen LogP contribution in [0.1, 0.15) is 238 Å². The molecule has 7 unspecified atom stereocenters. The number of hydrogen-bond donors (Lipinski definition) is 11. The highest BCUT2D eigenvalue weighted by molar-refractivity contribution is 8.01. The van der Waals surface area contributed by atoms with Gasteiger partial charge >= 0.3 is 47.3 Å². The molecule has 10 heterocycles. The second-order valence-corrected chi connectivity index (χ2v) is 36.2. The van der Waals surface area contributed by atoms with Crippen molar-refractivity contribution in [2.45, 2.75) is 331 Å². The van der Waals surface area contributed by atoms with Crippen LogP contribution in [0.2, 0.25) is 0 Å². The minimum atomic E-state index is -1.57. The molecular weight excluding hydrogens is 1500 g/mol. The first-order valence-electron chi connectivity index (χ1n) is 37.6. The summed E-state index contributed by atoms with van der Waals surface area (Å²) in [5.41, 5.74) is 16.8. The van der Waals surface area contributed by atoms with E-state index in [9.17, 15) is 51.6 Å². The maximum atomic E-state index is 11.9. The van der Waals surface area contributed by atoms with Crippen molar-refractivity contribution < 1.29 is 99.1 Å². The number of alkyl carbamates (subject to hydrolysis) is 1. The molecule has 0 saturated carbocycles. The summed E-state index contributed by atoms with van der Waals surface area (Å²) in [7, 11) is 0. The molecule has 0 radical (unpaired) electrons. The van der Waals surface area contributed by atoms with Crippen molar-refractivity contribution in [1.29, 1.82) is 0 Å². The Balaban J connectivity index is 0.000000208. The molecule has 10 aliphatic heterocycles. The van der Waals surface area contributed by atoms with Gasteiger partial charge in [-0.05, 0) is 109 Å². The summed E-state index contributed by atoms with van der Waals surface area (Å²) in [5, 5.41) is 50.9. The number of ketones is 3. The second-order valence-electron chi connectivity index (χ2n) is 28.1. The molecular formula is C69H114N8O21S7. The zero-order valence-corrected chi connectivity index (χ0v) is 65.9. The van der Waals surface area contributed by atoms with Crippen LogP contribution in [0.25, 0.3) is 0 Å². The molecule has 0 aromatic carbocycles. The van der Waals surface area contributed by atoms with E-state index in [0.717, 1.165) is 170 Å².